The fourth-order valence-electron chi connectivity index (χ4n) is 3.31. The van der Waals surface area contributed by atoms with Gasteiger partial charge in [-0.25, -0.2) is 15.0 Å². The number of likely N-dealkylation sites (tertiary alicyclic amines) is 1. The Balaban J connectivity index is 1.39. The van der Waals surface area contributed by atoms with Crippen LogP contribution in [0.2, 0.25) is 0 Å². The highest BCUT2D eigenvalue weighted by Crippen LogP contribution is 2.26. The quantitative estimate of drug-likeness (QED) is 0.754. The van der Waals surface area contributed by atoms with Gasteiger partial charge in [0.05, 0.1) is 36.3 Å². The zero-order chi connectivity index (χ0) is 17.8. The summed E-state index contributed by atoms with van der Waals surface area (Å²) >= 11 is 0. The van der Waals surface area contributed by atoms with Gasteiger partial charge in [0.15, 0.2) is 0 Å². The van der Waals surface area contributed by atoms with E-state index in [2.05, 4.69) is 39.7 Å². The summed E-state index contributed by atoms with van der Waals surface area (Å²) in [5.41, 5.74) is 2.28. The number of aryl methyl sites for hydroxylation is 1. The fraction of sp³-hybridized carbons (Fsp3) is 0.389. The van der Waals surface area contributed by atoms with E-state index in [1.807, 2.05) is 25.8 Å². The smallest absolute Gasteiger partial charge is 0.150 e. The molecule has 1 fully saturated rings. The second-order valence-corrected chi connectivity index (χ2v) is 6.61. The van der Waals surface area contributed by atoms with Crippen LogP contribution in [0.1, 0.15) is 30.1 Å². The molecule has 1 aliphatic rings. The zero-order valence-corrected chi connectivity index (χ0v) is 14.8. The highest BCUT2D eigenvalue weighted by Gasteiger charge is 2.23. The summed E-state index contributed by atoms with van der Waals surface area (Å²) in [5.74, 6) is 1.75. The minimum Gasteiger partial charge on any atom is -0.337 e. The largest absolute Gasteiger partial charge is 0.337 e. The predicted molar refractivity (Wildman–Crippen MR) is 97.8 cm³/mol. The summed E-state index contributed by atoms with van der Waals surface area (Å²) in [4.78, 5) is 24.0. The minimum atomic E-state index is 0.412. The summed E-state index contributed by atoms with van der Waals surface area (Å²) in [6, 6.07) is 0. The van der Waals surface area contributed by atoms with Gasteiger partial charge in [-0.1, -0.05) is 0 Å². The van der Waals surface area contributed by atoms with Crippen LogP contribution in [0.25, 0.3) is 0 Å². The van der Waals surface area contributed by atoms with E-state index in [1.54, 1.807) is 24.8 Å². The normalized spacial score (nSPS) is 18.0. The molecule has 0 amide bonds. The molecule has 4 heterocycles. The third-order valence-electron chi connectivity index (χ3n) is 4.72. The maximum Gasteiger partial charge on any atom is 0.150 e. The van der Waals surface area contributed by atoms with Gasteiger partial charge >= 0.3 is 0 Å². The number of anilines is 2. The number of nitrogens with one attached hydrogen (secondary N) is 1. The molecule has 1 aliphatic heterocycles. The molecule has 0 bridgehead atoms. The van der Waals surface area contributed by atoms with Crippen molar-refractivity contribution >= 4 is 11.6 Å². The van der Waals surface area contributed by atoms with Gasteiger partial charge < -0.3 is 9.88 Å². The number of nitrogens with zero attached hydrogens (tertiary/aromatic N) is 7. The van der Waals surface area contributed by atoms with E-state index in [-0.39, 0.29) is 0 Å². The second-order valence-electron chi connectivity index (χ2n) is 6.61. The molecule has 134 valence electrons. The van der Waals surface area contributed by atoms with Crippen molar-refractivity contribution in [1.82, 2.24) is 34.4 Å². The van der Waals surface area contributed by atoms with Crippen LogP contribution < -0.4 is 5.32 Å². The first-order valence-electron chi connectivity index (χ1n) is 8.80. The van der Waals surface area contributed by atoms with Crippen molar-refractivity contribution in [2.24, 2.45) is 7.05 Å². The van der Waals surface area contributed by atoms with Crippen molar-refractivity contribution in [2.75, 3.05) is 18.4 Å². The Bertz CT molecular complexity index is 830. The molecule has 0 saturated carbocycles. The molecule has 3 aromatic rings. The third-order valence-corrected chi connectivity index (χ3v) is 4.72. The lowest BCUT2D eigenvalue weighted by Gasteiger charge is -2.32. The van der Waals surface area contributed by atoms with Crippen LogP contribution in [0.5, 0.6) is 0 Å². The lowest BCUT2D eigenvalue weighted by molar-refractivity contribution is 0.194. The molecule has 0 aromatic carbocycles. The van der Waals surface area contributed by atoms with Gasteiger partial charge in [0, 0.05) is 44.6 Å². The molecule has 1 atom stereocenters. The minimum absolute atomic E-state index is 0.412. The summed E-state index contributed by atoms with van der Waals surface area (Å²) in [5, 5.41) is 3.11. The molecule has 1 saturated heterocycles. The lowest BCUT2D eigenvalue weighted by Crippen LogP contribution is -2.34. The molecule has 8 heteroatoms. The molecule has 0 aliphatic carbocycles. The van der Waals surface area contributed by atoms with Crippen molar-refractivity contribution in [2.45, 2.75) is 25.3 Å². The molecular formula is C18H22N8. The van der Waals surface area contributed by atoms with Gasteiger partial charge in [-0.05, 0) is 19.4 Å². The van der Waals surface area contributed by atoms with E-state index >= 15 is 0 Å². The van der Waals surface area contributed by atoms with Gasteiger partial charge in [-0.15, -0.1) is 0 Å². The Hall–Kier alpha value is -2.87. The molecule has 0 spiro atoms. The number of hydrogen-bond acceptors (Lipinski definition) is 7. The van der Waals surface area contributed by atoms with Gasteiger partial charge in [0.1, 0.15) is 11.6 Å². The van der Waals surface area contributed by atoms with E-state index in [0.717, 1.165) is 31.7 Å². The van der Waals surface area contributed by atoms with E-state index in [0.29, 0.717) is 17.6 Å². The van der Waals surface area contributed by atoms with Crippen molar-refractivity contribution in [1.29, 1.82) is 0 Å². The Labute approximate surface area is 152 Å². The van der Waals surface area contributed by atoms with Crippen LogP contribution in [0.4, 0.5) is 11.6 Å². The summed E-state index contributed by atoms with van der Waals surface area (Å²) in [6.45, 7) is 3.03. The predicted octanol–water partition coefficient (Wildman–Crippen LogP) is 2.12. The van der Waals surface area contributed by atoms with Crippen LogP contribution in [0.15, 0.2) is 43.5 Å². The van der Waals surface area contributed by atoms with Gasteiger partial charge in [-0.2, -0.15) is 0 Å². The van der Waals surface area contributed by atoms with Crippen molar-refractivity contribution < 1.29 is 0 Å². The molecule has 3 aromatic heterocycles. The number of piperidine rings is 1. The van der Waals surface area contributed by atoms with Gasteiger partial charge in [0.2, 0.25) is 0 Å². The van der Waals surface area contributed by atoms with E-state index in [1.165, 1.54) is 12.1 Å². The highest BCUT2D eigenvalue weighted by molar-refractivity contribution is 5.48. The van der Waals surface area contributed by atoms with E-state index in [4.69, 9.17) is 0 Å². The van der Waals surface area contributed by atoms with Gasteiger partial charge in [-0.3, -0.25) is 14.9 Å². The third kappa shape index (κ3) is 3.85. The maximum absolute atomic E-state index is 4.63. The maximum atomic E-state index is 4.63. The average Bonchev–Trinajstić information content (AvgIpc) is 3.08. The summed E-state index contributed by atoms with van der Waals surface area (Å²) in [7, 11) is 2.04. The Kier molecular flexibility index (Phi) is 4.83. The molecular weight excluding hydrogens is 328 g/mol. The zero-order valence-electron chi connectivity index (χ0n) is 14.8. The standard InChI is InChI=1S/C18H22N8/c1-25-13-20-7-15(25)12-26-6-2-3-14(11-26)16-8-23-18(10-22-16)24-17-9-19-4-5-21-17/h4-5,7-10,13-14H,2-3,6,11-12H2,1H3,(H,21,23,24). The summed E-state index contributed by atoms with van der Waals surface area (Å²) in [6.07, 6.45) is 14.7. The first-order chi connectivity index (χ1) is 12.8. The Morgan fingerprint density at radius 2 is 1.96 bits per heavy atom. The van der Waals surface area contributed by atoms with E-state index in [9.17, 15) is 0 Å². The highest BCUT2D eigenvalue weighted by atomic mass is 15.2. The molecule has 1 unspecified atom stereocenters. The van der Waals surface area contributed by atoms with E-state index < -0.39 is 0 Å². The van der Waals surface area contributed by atoms with Crippen molar-refractivity contribution in [3.05, 3.63) is 54.9 Å². The molecule has 4 rings (SSSR count). The fourth-order valence-corrected chi connectivity index (χ4v) is 3.31. The van der Waals surface area contributed by atoms with Crippen molar-refractivity contribution in [3.8, 4) is 0 Å². The first kappa shape index (κ1) is 16.6. The number of aromatic nitrogens is 6. The van der Waals surface area contributed by atoms with Gasteiger partial charge in [0.25, 0.3) is 0 Å². The van der Waals surface area contributed by atoms with Crippen LogP contribution in [-0.2, 0) is 13.6 Å². The average molecular weight is 350 g/mol. The number of hydrogen-bond donors (Lipinski definition) is 1. The van der Waals surface area contributed by atoms with Crippen LogP contribution in [-0.4, -0.2) is 47.5 Å². The number of rotatable bonds is 5. The lowest BCUT2D eigenvalue weighted by atomic mass is 9.95. The van der Waals surface area contributed by atoms with Crippen LogP contribution in [0.3, 0.4) is 0 Å². The SMILES string of the molecule is Cn1cncc1CN1CCCC(c2cnc(Nc3cnccn3)cn2)C1. The Morgan fingerprint density at radius 3 is 2.69 bits per heavy atom. The van der Waals surface area contributed by atoms with Crippen molar-refractivity contribution in [3.63, 3.8) is 0 Å². The molecule has 8 nitrogen and oxygen atoms in total. The monoisotopic (exact) mass is 350 g/mol. The van der Waals surface area contributed by atoms with Crippen LogP contribution >= 0.6 is 0 Å². The molecule has 0 radical (unpaired) electrons. The number of imidazole rings is 1. The molecule has 1 N–H and O–H groups in total. The van der Waals surface area contributed by atoms with Crippen LogP contribution in [0, 0.1) is 0 Å². The second kappa shape index (κ2) is 7.57. The molecule has 26 heavy (non-hydrogen) atoms. The topological polar surface area (TPSA) is 84.7 Å². The first-order valence-corrected chi connectivity index (χ1v) is 8.80. The summed E-state index contributed by atoms with van der Waals surface area (Å²) < 4.78 is 2.08. The Morgan fingerprint density at radius 1 is 1.04 bits per heavy atom.